The van der Waals surface area contributed by atoms with E-state index in [9.17, 15) is 4.79 Å². The van der Waals surface area contributed by atoms with Crippen LogP contribution < -0.4 is 10.2 Å². The lowest BCUT2D eigenvalue weighted by Crippen LogP contribution is -2.39. The minimum atomic E-state index is -0.0655. The SMILES string of the molecule is O=C1NC2CCCCC2N1c1ncc(Br)cn1. The Morgan fingerprint density at radius 2 is 2.00 bits per heavy atom. The molecule has 90 valence electrons. The van der Waals surface area contributed by atoms with Crippen LogP contribution in [0.5, 0.6) is 0 Å². The highest BCUT2D eigenvalue weighted by Gasteiger charge is 2.42. The number of rotatable bonds is 1. The van der Waals surface area contributed by atoms with Gasteiger partial charge in [0.2, 0.25) is 5.95 Å². The van der Waals surface area contributed by atoms with Crippen LogP contribution >= 0.6 is 15.9 Å². The Balaban J connectivity index is 1.90. The van der Waals surface area contributed by atoms with Gasteiger partial charge in [0.05, 0.1) is 16.6 Å². The maximum absolute atomic E-state index is 11.9. The Morgan fingerprint density at radius 3 is 2.76 bits per heavy atom. The predicted octanol–water partition coefficient (Wildman–Crippen LogP) is 2.08. The van der Waals surface area contributed by atoms with E-state index < -0.39 is 0 Å². The third kappa shape index (κ3) is 1.90. The van der Waals surface area contributed by atoms with Crippen molar-refractivity contribution in [1.82, 2.24) is 15.3 Å². The smallest absolute Gasteiger partial charge is 0.324 e. The molecule has 1 N–H and O–H groups in total. The molecule has 1 aliphatic heterocycles. The molecule has 1 saturated carbocycles. The molecule has 2 fully saturated rings. The number of carbonyl (C=O) groups excluding carboxylic acids is 1. The average Bonchev–Trinajstić information content (AvgIpc) is 2.66. The molecule has 0 spiro atoms. The first kappa shape index (κ1) is 11.0. The maximum Gasteiger partial charge on any atom is 0.324 e. The van der Waals surface area contributed by atoms with Crippen LogP contribution in [0.1, 0.15) is 25.7 Å². The number of hydrogen-bond donors (Lipinski definition) is 1. The molecule has 0 bridgehead atoms. The van der Waals surface area contributed by atoms with Crippen molar-refractivity contribution in [2.75, 3.05) is 4.90 Å². The first-order valence-electron chi connectivity index (χ1n) is 5.83. The molecule has 0 aromatic carbocycles. The number of aromatic nitrogens is 2. The lowest BCUT2D eigenvalue weighted by atomic mass is 9.91. The van der Waals surface area contributed by atoms with Crippen molar-refractivity contribution in [3.05, 3.63) is 16.9 Å². The zero-order chi connectivity index (χ0) is 11.8. The van der Waals surface area contributed by atoms with Gasteiger partial charge in [0.1, 0.15) is 0 Å². The molecule has 5 nitrogen and oxygen atoms in total. The fraction of sp³-hybridized carbons (Fsp3) is 0.545. The normalized spacial score (nSPS) is 27.8. The summed E-state index contributed by atoms with van der Waals surface area (Å²) in [7, 11) is 0. The standard InChI is InChI=1S/C11H13BrN4O/c12-7-5-13-10(14-6-7)16-9-4-2-1-3-8(9)15-11(16)17/h5-6,8-9H,1-4H2,(H,15,17). The lowest BCUT2D eigenvalue weighted by molar-refractivity contribution is 0.250. The largest absolute Gasteiger partial charge is 0.333 e. The summed E-state index contributed by atoms with van der Waals surface area (Å²) in [4.78, 5) is 22.1. The Hall–Kier alpha value is -1.17. The number of halogens is 1. The lowest BCUT2D eigenvalue weighted by Gasteiger charge is -2.28. The van der Waals surface area contributed by atoms with E-state index in [-0.39, 0.29) is 18.1 Å². The summed E-state index contributed by atoms with van der Waals surface area (Å²) in [5.74, 6) is 0.500. The highest BCUT2D eigenvalue weighted by Crippen LogP contribution is 2.30. The number of carbonyl (C=O) groups is 1. The van der Waals surface area contributed by atoms with Crippen LogP contribution in [0.15, 0.2) is 16.9 Å². The van der Waals surface area contributed by atoms with Gasteiger partial charge < -0.3 is 5.32 Å². The van der Waals surface area contributed by atoms with Crippen molar-refractivity contribution >= 4 is 27.9 Å². The molecular formula is C11H13BrN4O. The maximum atomic E-state index is 11.9. The summed E-state index contributed by atoms with van der Waals surface area (Å²) in [6.45, 7) is 0. The summed E-state index contributed by atoms with van der Waals surface area (Å²) in [6.07, 6.45) is 7.80. The summed E-state index contributed by atoms with van der Waals surface area (Å²) in [6, 6.07) is 0.421. The molecule has 0 radical (unpaired) electrons. The molecule has 1 aliphatic carbocycles. The van der Waals surface area contributed by atoms with Crippen LogP contribution in [0.3, 0.4) is 0 Å². The van der Waals surface area contributed by atoms with Crippen LogP contribution in [0.2, 0.25) is 0 Å². The first-order valence-corrected chi connectivity index (χ1v) is 6.62. The summed E-state index contributed by atoms with van der Waals surface area (Å²) in [5, 5.41) is 3.01. The number of anilines is 1. The van der Waals surface area contributed by atoms with Gasteiger partial charge in [-0.25, -0.2) is 14.8 Å². The van der Waals surface area contributed by atoms with Crippen LogP contribution in [0, 0.1) is 0 Å². The number of nitrogens with zero attached hydrogens (tertiary/aromatic N) is 3. The van der Waals surface area contributed by atoms with Gasteiger partial charge in [0, 0.05) is 12.4 Å². The molecule has 2 heterocycles. The number of fused-ring (bicyclic) bond motifs is 1. The second-order valence-electron chi connectivity index (χ2n) is 4.48. The van der Waals surface area contributed by atoms with Gasteiger partial charge in [0.15, 0.2) is 0 Å². The van der Waals surface area contributed by atoms with Crippen molar-refractivity contribution in [2.24, 2.45) is 0 Å². The minimum Gasteiger partial charge on any atom is -0.333 e. The van der Waals surface area contributed by atoms with Gasteiger partial charge in [-0.05, 0) is 28.8 Å². The van der Waals surface area contributed by atoms with E-state index in [4.69, 9.17) is 0 Å². The molecule has 2 unspecified atom stereocenters. The van der Waals surface area contributed by atoms with Crippen LogP contribution in [0.25, 0.3) is 0 Å². The fourth-order valence-electron chi connectivity index (χ4n) is 2.64. The van der Waals surface area contributed by atoms with E-state index in [1.54, 1.807) is 17.3 Å². The van der Waals surface area contributed by atoms with Crippen molar-refractivity contribution in [3.8, 4) is 0 Å². The molecule has 1 aromatic heterocycles. The first-order chi connectivity index (χ1) is 8.25. The molecule has 2 aliphatic rings. The topological polar surface area (TPSA) is 58.1 Å². The molecule has 6 heteroatoms. The zero-order valence-electron chi connectivity index (χ0n) is 9.27. The van der Waals surface area contributed by atoms with E-state index in [1.807, 2.05) is 0 Å². The van der Waals surface area contributed by atoms with Gasteiger partial charge in [-0.3, -0.25) is 4.90 Å². The monoisotopic (exact) mass is 296 g/mol. The van der Waals surface area contributed by atoms with Gasteiger partial charge in [-0.2, -0.15) is 0 Å². The van der Waals surface area contributed by atoms with Crippen LogP contribution in [0.4, 0.5) is 10.7 Å². The van der Waals surface area contributed by atoms with E-state index in [0.29, 0.717) is 5.95 Å². The van der Waals surface area contributed by atoms with E-state index in [1.165, 1.54) is 12.8 Å². The highest BCUT2D eigenvalue weighted by atomic mass is 79.9. The Labute approximate surface area is 108 Å². The predicted molar refractivity (Wildman–Crippen MR) is 66.8 cm³/mol. The van der Waals surface area contributed by atoms with Gasteiger partial charge in [-0.1, -0.05) is 12.8 Å². The molecule has 2 atom stereocenters. The van der Waals surface area contributed by atoms with Crippen LogP contribution in [-0.2, 0) is 0 Å². The number of urea groups is 1. The number of nitrogens with one attached hydrogen (secondary N) is 1. The molecule has 1 saturated heterocycles. The molecule has 2 amide bonds. The third-order valence-electron chi connectivity index (χ3n) is 3.41. The second-order valence-corrected chi connectivity index (χ2v) is 5.39. The summed E-state index contributed by atoms with van der Waals surface area (Å²) >= 11 is 3.29. The summed E-state index contributed by atoms with van der Waals surface area (Å²) < 4.78 is 0.820. The van der Waals surface area contributed by atoms with Gasteiger partial charge in [-0.15, -0.1) is 0 Å². The average molecular weight is 297 g/mol. The molecule has 1 aromatic rings. The third-order valence-corrected chi connectivity index (χ3v) is 3.82. The molecular weight excluding hydrogens is 284 g/mol. The van der Waals surface area contributed by atoms with Crippen molar-refractivity contribution < 1.29 is 4.79 Å². The quantitative estimate of drug-likeness (QED) is 0.863. The Morgan fingerprint density at radius 1 is 1.29 bits per heavy atom. The van der Waals surface area contributed by atoms with Crippen molar-refractivity contribution in [1.29, 1.82) is 0 Å². The minimum absolute atomic E-state index is 0.0655. The zero-order valence-corrected chi connectivity index (χ0v) is 10.9. The van der Waals surface area contributed by atoms with Crippen molar-refractivity contribution in [3.63, 3.8) is 0 Å². The second kappa shape index (κ2) is 4.25. The highest BCUT2D eigenvalue weighted by molar-refractivity contribution is 9.10. The number of amides is 2. The van der Waals surface area contributed by atoms with E-state index in [0.717, 1.165) is 17.3 Å². The summed E-state index contributed by atoms with van der Waals surface area (Å²) in [5.41, 5.74) is 0. The van der Waals surface area contributed by atoms with Gasteiger partial charge >= 0.3 is 6.03 Å². The van der Waals surface area contributed by atoms with E-state index in [2.05, 4.69) is 31.2 Å². The Kier molecular flexibility index (Phi) is 2.74. The van der Waals surface area contributed by atoms with Gasteiger partial charge in [0.25, 0.3) is 0 Å². The number of hydrogen-bond acceptors (Lipinski definition) is 3. The van der Waals surface area contributed by atoms with E-state index >= 15 is 0 Å². The fourth-order valence-corrected chi connectivity index (χ4v) is 2.84. The van der Waals surface area contributed by atoms with Crippen LogP contribution in [-0.4, -0.2) is 28.1 Å². The molecule has 3 rings (SSSR count). The Bertz CT molecular complexity index is 436. The molecule has 17 heavy (non-hydrogen) atoms. The van der Waals surface area contributed by atoms with Crippen molar-refractivity contribution in [2.45, 2.75) is 37.8 Å².